The predicted molar refractivity (Wildman–Crippen MR) is 100 cm³/mol. The number of hydrogen-bond acceptors (Lipinski definition) is 6. The van der Waals surface area contributed by atoms with Gasteiger partial charge in [-0.05, 0) is 37.1 Å². The smallest absolute Gasteiger partial charge is 0.251 e. The minimum absolute atomic E-state index is 0.0599. The number of hydrogen-bond donors (Lipinski definition) is 1. The SMILES string of the molecule is CN(C)c1cc(N2CCC[C@H](NC(=O)c3ccc(C#N)cc3)C2)ncn1. The van der Waals surface area contributed by atoms with Crippen LogP contribution < -0.4 is 15.1 Å². The highest BCUT2D eigenvalue weighted by atomic mass is 16.1. The summed E-state index contributed by atoms with van der Waals surface area (Å²) in [6, 6.07) is 10.8. The molecule has 1 amide bonds. The number of nitrogens with zero attached hydrogens (tertiary/aromatic N) is 5. The van der Waals surface area contributed by atoms with Crippen LogP contribution >= 0.6 is 0 Å². The van der Waals surface area contributed by atoms with Gasteiger partial charge in [0.1, 0.15) is 18.0 Å². The van der Waals surface area contributed by atoms with E-state index >= 15 is 0 Å². The van der Waals surface area contributed by atoms with Gasteiger partial charge < -0.3 is 15.1 Å². The lowest BCUT2D eigenvalue weighted by molar-refractivity contribution is 0.0933. The number of benzene rings is 1. The van der Waals surface area contributed by atoms with Crippen LogP contribution in [0.25, 0.3) is 0 Å². The van der Waals surface area contributed by atoms with Gasteiger partial charge in [0.25, 0.3) is 5.91 Å². The zero-order chi connectivity index (χ0) is 18.5. The maximum Gasteiger partial charge on any atom is 0.251 e. The van der Waals surface area contributed by atoms with Gasteiger partial charge in [-0.2, -0.15) is 5.26 Å². The van der Waals surface area contributed by atoms with Crippen molar-refractivity contribution in [3.8, 4) is 6.07 Å². The molecule has 1 aliphatic rings. The highest BCUT2D eigenvalue weighted by Gasteiger charge is 2.23. The monoisotopic (exact) mass is 350 g/mol. The second kappa shape index (κ2) is 7.83. The van der Waals surface area contributed by atoms with Crippen LogP contribution in [-0.2, 0) is 0 Å². The van der Waals surface area contributed by atoms with Crippen molar-refractivity contribution in [3.05, 3.63) is 47.8 Å². The molecule has 0 saturated carbocycles. The number of nitrogens with one attached hydrogen (secondary N) is 1. The first-order valence-corrected chi connectivity index (χ1v) is 8.62. The summed E-state index contributed by atoms with van der Waals surface area (Å²) in [6.07, 6.45) is 3.49. The van der Waals surface area contributed by atoms with E-state index in [0.717, 1.165) is 31.0 Å². The fourth-order valence-corrected chi connectivity index (χ4v) is 3.02. The summed E-state index contributed by atoms with van der Waals surface area (Å²) in [5.74, 6) is 1.62. The van der Waals surface area contributed by atoms with Crippen LogP contribution in [0, 0.1) is 11.3 Å². The van der Waals surface area contributed by atoms with Crippen molar-refractivity contribution in [3.63, 3.8) is 0 Å². The van der Waals surface area contributed by atoms with E-state index in [1.54, 1.807) is 30.6 Å². The number of amides is 1. The Morgan fingerprint density at radius 3 is 2.77 bits per heavy atom. The van der Waals surface area contributed by atoms with Crippen LogP contribution in [0.1, 0.15) is 28.8 Å². The van der Waals surface area contributed by atoms with Gasteiger partial charge in [-0.3, -0.25) is 4.79 Å². The Hall–Kier alpha value is -3.14. The lowest BCUT2D eigenvalue weighted by Crippen LogP contribution is -2.48. The molecule has 1 aromatic heterocycles. The van der Waals surface area contributed by atoms with E-state index in [4.69, 9.17) is 5.26 Å². The molecule has 1 atom stereocenters. The Balaban J connectivity index is 1.65. The highest BCUT2D eigenvalue weighted by Crippen LogP contribution is 2.20. The number of rotatable bonds is 4. The molecule has 0 radical (unpaired) electrons. The molecular weight excluding hydrogens is 328 g/mol. The van der Waals surface area contributed by atoms with Crippen LogP contribution in [0.5, 0.6) is 0 Å². The summed E-state index contributed by atoms with van der Waals surface area (Å²) in [5, 5.41) is 11.9. The molecule has 26 heavy (non-hydrogen) atoms. The first-order chi connectivity index (χ1) is 12.6. The van der Waals surface area contributed by atoms with Crippen molar-refractivity contribution in [2.45, 2.75) is 18.9 Å². The maximum atomic E-state index is 12.5. The van der Waals surface area contributed by atoms with Crippen molar-refractivity contribution in [1.82, 2.24) is 15.3 Å². The van der Waals surface area contributed by atoms with Gasteiger partial charge in [0, 0.05) is 44.9 Å². The molecule has 1 N–H and O–H groups in total. The summed E-state index contributed by atoms with van der Waals surface area (Å²) in [7, 11) is 3.89. The van der Waals surface area contributed by atoms with Gasteiger partial charge in [-0.25, -0.2) is 9.97 Å². The Morgan fingerprint density at radius 1 is 1.31 bits per heavy atom. The molecule has 0 spiro atoms. The first-order valence-electron chi connectivity index (χ1n) is 8.62. The quantitative estimate of drug-likeness (QED) is 0.905. The molecule has 1 saturated heterocycles. The third-order valence-corrected chi connectivity index (χ3v) is 4.45. The van der Waals surface area contributed by atoms with Crippen LogP contribution in [0.3, 0.4) is 0 Å². The molecule has 7 heteroatoms. The third kappa shape index (κ3) is 4.09. The molecule has 3 rings (SSSR count). The maximum absolute atomic E-state index is 12.5. The molecule has 134 valence electrons. The summed E-state index contributed by atoms with van der Waals surface area (Å²) in [4.78, 5) is 25.2. The van der Waals surface area contributed by atoms with Crippen LogP contribution in [0.4, 0.5) is 11.6 Å². The number of nitriles is 1. The average molecular weight is 350 g/mol. The zero-order valence-electron chi connectivity index (χ0n) is 15.0. The minimum Gasteiger partial charge on any atom is -0.363 e. The second-order valence-electron chi connectivity index (χ2n) is 6.58. The third-order valence-electron chi connectivity index (χ3n) is 4.45. The van der Waals surface area contributed by atoms with Crippen LogP contribution in [0.15, 0.2) is 36.7 Å². The minimum atomic E-state index is -0.113. The summed E-state index contributed by atoms with van der Waals surface area (Å²) in [6.45, 7) is 1.62. The largest absolute Gasteiger partial charge is 0.363 e. The van der Waals surface area contributed by atoms with Gasteiger partial charge in [0.15, 0.2) is 0 Å². The van der Waals surface area contributed by atoms with E-state index < -0.39 is 0 Å². The number of carbonyl (C=O) groups excluding carboxylic acids is 1. The summed E-state index contributed by atoms with van der Waals surface area (Å²) < 4.78 is 0. The number of anilines is 2. The molecule has 1 aliphatic heterocycles. The molecule has 1 fully saturated rings. The normalized spacial score (nSPS) is 16.7. The molecule has 1 aromatic carbocycles. The van der Waals surface area contributed by atoms with E-state index in [1.807, 2.05) is 25.1 Å². The van der Waals surface area contributed by atoms with E-state index in [9.17, 15) is 4.79 Å². The predicted octanol–water partition coefficient (Wildman–Crippen LogP) is 1.81. The number of aromatic nitrogens is 2. The molecule has 2 aromatic rings. The number of carbonyl (C=O) groups is 1. The zero-order valence-corrected chi connectivity index (χ0v) is 15.0. The van der Waals surface area contributed by atoms with Gasteiger partial charge in [-0.1, -0.05) is 0 Å². The molecule has 0 aliphatic carbocycles. The molecule has 7 nitrogen and oxygen atoms in total. The fourth-order valence-electron chi connectivity index (χ4n) is 3.02. The standard InChI is InChI=1S/C19H22N6O/c1-24(2)17-10-18(22-13-21-17)25-9-3-4-16(12-25)23-19(26)15-7-5-14(11-20)6-8-15/h5-8,10,13,16H,3-4,9,12H2,1-2H3,(H,23,26)/t16-/m0/s1. The fraction of sp³-hybridized carbons (Fsp3) is 0.368. The summed E-state index contributed by atoms with van der Waals surface area (Å²) in [5.41, 5.74) is 1.11. The van der Waals surface area contributed by atoms with Crippen molar-refractivity contribution in [1.29, 1.82) is 5.26 Å². The van der Waals surface area contributed by atoms with Gasteiger partial charge in [0.05, 0.1) is 11.6 Å². The average Bonchev–Trinajstić information content (AvgIpc) is 2.68. The Morgan fingerprint density at radius 2 is 2.08 bits per heavy atom. The molecule has 0 bridgehead atoms. The molecular formula is C19H22N6O. The Labute approximate surface area is 153 Å². The van der Waals surface area contributed by atoms with Crippen molar-refractivity contribution in [2.24, 2.45) is 0 Å². The first kappa shape index (κ1) is 17.7. The van der Waals surface area contributed by atoms with Crippen molar-refractivity contribution in [2.75, 3.05) is 37.0 Å². The topological polar surface area (TPSA) is 85.1 Å². The van der Waals surface area contributed by atoms with Gasteiger partial charge in [0.2, 0.25) is 0 Å². The lowest BCUT2D eigenvalue weighted by Gasteiger charge is -2.34. The van der Waals surface area contributed by atoms with E-state index in [0.29, 0.717) is 17.7 Å². The molecule has 0 unspecified atom stereocenters. The Kier molecular flexibility index (Phi) is 5.32. The second-order valence-corrected chi connectivity index (χ2v) is 6.58. The molecule has 2 heterocycles. The Bertz CT molecular complexity index is 812. The number of piperidine rings is 1. The highest BCUT2D eigenvalue weighted by molar-refractivity contribution is 5.94. The van der Waals surface area contributed by atoms with E-state index in [2.05, 4.69) is 26.3 Å². The van der Waals surface area contributed by atoms with E-state index in [-0.39, 0.29) is 11.9 Å². The summed E-state index contributed by atoms with van der Waals surface area (Å²) >= 11 is 0. The van der Waals surface area contributed by atoms with Crippen molar-refractivity contribution >= 4 is 17.5 Å². The van der Waals surface area contributed by atoms with Gasteiger partial charge in [-0.15, -0.1) is 0 Å². The van der Waals surface area contributed by atoms with Crippen LogP contribution in [0.2, 0.25) is 0 Å². The lowest BCUT2D eigenvalue weighted by atomic mass is 10.0. The van der Waals surface area contributed by atoms with Crippen LogP contribution in [-0.4, -0.2) is 49.1 Å². The van der Waals surface area contributed by atoms with Crippen molar-refractivity contribution < 1.29 is 4.79 Å². The van der Waals surface area contributed by atoms with E-state index in [1.165, 1.54) is 0 Å². The van der Waals surface area contributed by atoms with Gasteiger partial charge >= 0.3 is 0 Å².